The summed E-state index contributed by atoms with van der Waals surface area (Å²) in [6.45, 7) is 4.30. The number of nitrogens with two attached hydrogens (primary N) is 1. The number of aliphatic hydroxyl groups excluding tert-OH is 1. The lowest BCUT2D eigenvalue weighted by Crippen LogP contribution is -2.39. The highest BCUT2D eigenvalue weighted by Gasteiger charge is 2.27. The number of ether oxygens (including phenoxy) is 5. The minimum absolute atomic E-state index is 0.190. The van der Waals surface area contributed by atoms with Crippen LogP contribution in [0, 0.1) is 0 Å². The smallest absolute Gasteiger partial charge is 0.344 e. The Hall–Kier alpha value is -5.84. The standard InChI is InChI=1S/C44H48N2O8/c1-3-50-42(48)29-52-36-20-15-33(16-21-36)44(34-17-22-37(23-18-34)53-30-43(49)51-4-2)39(25-31-11-7-5-8-12-31)46-27-40(47)35-19-24-41(38(45)26-35)54-28-32-13-9-6-10-14-32/h5-24,26,39-40,44,46-47H,3-4,25,27-30,45H2,1-2H3/t39?,40-/m0/s1. The Morgan fingerprint density at radius 1 is 0.648 bits per heavy atom. The maximum atomic E-state index is 11.9. The summed E-state index contributed by atoms with van der Waals surface area (Å²) in [5, 5.41) is 15.1. The molecular formula is C44H48N2O8. The van der Waals surface area contributed by atoms with E-state index in [1.54, 1.807) is 26.0 Å². The van der Waals surface area contributed by atoms with Crippen LogP contribution in [0.2, 0.25) is 0 Å². The Labute approximate surface area is 316 Å². The van der Waals surface area contributed by atoms with Crippen LogP contribution >= 0.6 is 0 Å². The highest BCUT2D eigenvalue weighted by Crippen LogP contribution is 2.33. The average Bonchev–Trinajstić information content (AvgIpc) is 3.19. The lowest BCUT2D eigenvalue weighted by molar-refractivity contribution is -0.146. The quantitative estimate of drug-likeness (QED) is 0.0579. The summed E-state index contributed by atoms with van der Waals surface area (Å²) >= 11 is 0. The topological polar surface area (TPSA) is 139 Å². The van der Waals surface area contributed by atoms with Gasteiger partial charge in [0.15, 0.2) is 13.2 Å². The number of rotatable bonds is 20. The van der Waals surface area contributed by atoms with E-state index in [2.05, 4.69) is 17.4 Å². The van der Waals surface area contributed by atoms with Crippen LogP contribution in [0.1, 0.15) is 53.7 Å². The first-order valence-corrected chi connectivity index (χ1v) is 18.1. The van der Waals surface area contributed by atoms with E-state index in [9.17, 15) is 14.7 Å². The molecule has 0 aliphatic heterocycles. The summed E-state index contributed by atoms with van der Waals surface area (Å²) in [5.41, 5.74) is 11.6. The van der Waals surface area contributed by atoms with Crippen molar-refractivity contribution in [1.82, 2.24) is 5.32 Å². The minimum atomic E-state index is -0.869. The van der Waals surface area contributed by atoms with Crippen LogP contribution in [0.15, 0.2) is 127 Å². The Balaban J connectivity index is 1.39. The fourth-order valence-electron chi connectivity index (χ4n) is 6.09. The average molecular weight is 733 g/mol. The zero-order valence-corrected chi connectivity index (χ0v) is 30.7. The first kappa shape index (κ1) is 39.4. The first-order valence-electron chi connectivity index (χ1n) is 18.1. The summed E-state index contributed by atoms with van der Waals surface area (Å²) in [4.78, 5) is 23.8. The second-order valence-electron chi connectivity index (χ2n) is 12.6. The number of anilines is 1. The molecule has 5 aromatic carbocycles. The number of esters is 2. The van der Waals surface area contributed by atoms with Crippen molar-refractivity contribution >= 4 is 17.6 Å². The Kier molecular flexibility index (Phi) is 14.9. The van der Waals surface area contributed by atoms with Crippen LogP contribution in [-0.2, 0) is 32.1 Å². The maximum absolute atomic E-state index is 11.9. The van der Waals surface area contributed by atoms with Gasteiger partial charge < -0.3 is 39.8 Å². The van der Waals surface area contributed by atoms with Crippen LogP contribution in [0.3, 0.4) is 0 Å². The minimum Gasteiger partial charge on any atom is -0.487 e. The molecule has 1 unspecified atom stereocenters. The van der Waals surface area contributed by atoms with E-state index in [4.69, 9.17) is 29.4 Å². The van der Waals surface area contributed by atoms with Gasteiger partial charge in [-0.1, -0.05) is 91.0 Å². The summed E-state index contributed by atoms with van der Waals surface area (Å²) in [7, 11) is 0. The van der Waals surface area contributed by atoms with Crippen molar-refractivity contribution in [1.29, 1.82) is 0 Å². The number of hydrogen-bond donors (Lipinski definition) is 3. The van der Waals surface area contributed by atoms with Crippen LogP contribution in [0.5, 0.6) is 17.2 Å². The van der Waals surface area contributed by atoms with E-state index in [1.165, 1.54) is 0 Å². The van der Waals surface area contributed by atoms with Gasteiger partial charge in [-0.3, -0.25) is 0 Å². The van der Waals surface area contributed by atoms with Crippen molar-refractivity contribution in [3.63, 3.8) is 0 Å². The molecule has 0 aliphatic rings. The normalized spacial score (nSPS) is 12.1. The molecule has 0 saturated carbocycles. The van der Waals surface area contributed by atoms with E-state index in [0.29, 0.717) is 41.5 Å². The van der Waals surface area contributed by atoms with Gasteiger partial charge in [0.05, 0.1) is 25.0 Å². The fourth-order valence-corrected chi connectivity index (χ4v) is 6.09. The van der Waals surface area contributed by atoms with Gasteiger partial charge in [0.1, 0.15) is 23.9 Å². The molecule has 0 aromatic heterocycles. The van der Waals surface area contributed by atoms with Gasteiger partial charge in [-0.25, -0.2) is 9.59 Å². The molecule has 0 heterocycles. The zero-order chi connectivity index (χ0) is 38.1. The van der Waals surface area contributed by atoms with Crippen molar-refractivity contribution < 1.29 is 38.4 Å². The molecule has 0 bridgehead atoms. The molecule has 54 heavy (non-hydrogen) atoms. The van der Waals surface area contributed by atoms with E-state index >= 15 is 0 Å². The van der Waals surface area contributed by atoms with Crippen molar-refractivity contribution in [2.24, 2.45) is 0 Å². The third-order valence-electron chi connectivity index (χ3n) is 8.73. The van der Waals surface area contributed by atoms with Crippen LogP contribution in [-0.4, -0.2) is 56.1 Å². The number of benzene rings is 5. The molecule has 10 heteroatoms. The first-order chi connectivity index (χ1) is 26.3. The van der Waals surface area contributed by atoms with Crippen LogP contribution < -0.4 is 25.3 Å². The van der Waals surface area contributed by atoms with Gasteiger partial charge >= 0.3 is 11.9 Å². The molecule has 0 aliphatic carbocycles. The molecule has 10 nitrogen and oxygen atoms in total. The van der Waals surface area contributed by atoms with Gasteiger partial charge in [-0.05, 0) is 84.5 Å². The second kappa shape index (κ2) is 20.4. The SMILES string of the molecule is CCOC(=O)COc1ccc(C(c2ccc(OCC(=O)OCC)cc2)C(Cc2ccccc2)NC[C@H](O)c2ccc(OCc3ccccc3)c(N)c2)cc1. The molecule has 5 aromatic rings. The van der Waals surface area contributed by atoms with Crippen molar-refractivity contribution in [3.8, 4) is 17.2 Å². The molecule has 4 N–H and O–H groups in total. The fraction of sp³-hybridized carbons (Fsp3) is 0.273. The van der Waals surface area contributed by atoms with Crippen molar-refractivity contribution in [3.05, 3.63) is 155 Å². The Morgan fingerprint density at radius 3 is 1.65 bits per heavy atom. The highest BCUT2D eigenvalue weighted by molar-refractivity contribution is 5.71. The van der Waals surface area contributed by atoms with E-state index < -0.39 is 18.0 Å². The van der Waals surface area contributed by atoms with Gasteiger partial charge in [-0.2, -0.15) is 0 Å². The zero-order valence-electron chi connectivity index (χ0n) is 30.7. The second-order valence-corrected chi connectivity index (χ2v) is 12.6. The van der Waals surface area contributed by atoms with Crippen LogP contribution in [0.4, 0.5) is 5.69 Å². The molecule has 2 atom stereocenters. The number of aliphatic hydroxyl groups is 1. The van der Waals surface area contributed by atoms with E-state index in [1.807, 2.05) is 103 Å². The van der Waals surface area contributed by atoms with Gasteiger partial charge in [0, 0.05) is 18.5 Å². The monoisotopic (exact) mass is 732 g/mol. The molecule has 0 radical (unpaired) electrons. The molecule has 0 fully saturated rings. The molecule has 0 saturated heterocycles. The van der Waals surface area contributed by atoms with Crippen LogP contribution in [0.25, 0.3) is 0 Å². The van der Waals surface area contributed by atoms with Crippen molar-refractivity contribution in [2.75, 3.05) is 38.7 Å². The maximum Gasteiger partial charge on any atom is 0.344 e. The number of nitrogens with one attached hydrogen (secondary N) is 1. The van der Waals surface area contributed by atoms with Gasteiger partial charge in [-0.15, -0.1) is 0 Å². The van der Waals surface area contributed by atoms with E-state index in [-0.39, 0.29) is 44.9 Å². The predicted molar refractivity (Wildman–Crippen MR) is 208 cm³/mol. The third-order valence-corrected chi connectivity index (χ3v) is 8.73. The molecule has 282 valence electrons. The number of hydrogen-bond acceptors (Lipinski definition) is 10. The number of carbonyl (C=O) groups excluding carboxylic acids is 2. The van der Waals surface area contributed by atoms with Gasteiger partial charge in [0.25, 0.3) is 0 Å². The highest BCUT2D eigenvalue weighted by atomic mass is 16.6. The predicted octanol–water partition coefficient (Wildman–Crippen LogP) is 6.80. The summed E-state index contributed by atoms with van der Waals surface area (Å²) in [6, 6.07) is 40.4. The van der Waals surface area contributed by atoms with Crippen molar-refractivity contribution in [2.45, 2.75) is 44.9 Å². The molecule has 0 amide bonds. The lowest BCUT2D eigenvalue weighted by atomic mass is 9.82. The largest absolute Gasteiger partial charge is 0.487 e. The summed E-state index contributed by atoms with van der Waals surface area (Å²) < 4.78 is 27.3. The Bertz CT molecular complexity index is 1820. The molecular weight excluding hydrogens is 684 g/mol. The number of carbonyl (C=O) groups is 2. The summed E-state index contributed by atoms with van der Waals surface area (Å²) in [5.74, 6) is 0.525. The molecule has 5 rings (SSSR count). The lowest BCUT2D eigenvalue weighted by Gasteiger charge is -2.31. The van der Waals surface area contributed by atoms with Gasteiger partial charge in [0.2, 0.25) is 0 Å². The molecule has 0 spiro atoms. The Morgan fingerprint density at radius 2 is 1.15 bits per heavy atom. The van der Waals surface area contributed by atoms with E-state index in [0.717, 1.165) is 22.3 Å². The summed E-state index contributed by atoms with van der Waals surface area (Å²) in [6.07, 6.45) is -0.235. The number of nitrogen functional groups attached to an aromatic ring is 1. The third kappa shape index (κ3) is 11.8.